The molecule has 1 fully saturated rings. The summed E-state index contributed by atoms with van der Waals surface area (Å²) in [5.74, 6) is -2.91. The average Bonchev–Trinajstić information content (AvgIpc) is 2.35. The number of methoxy groups -OCH3 is 1. The minimum Gasteiger partial charge on any atom is -0.468 e. The van der Waals surface area contributed by atoms with E-state index < -0.39 is 23.2 Å². The van der Waals surface area contributed by atoms with Gasteiger partial charge in [0.2, 0.25) is 0 Å². The van der Waals surface area contributed by atoms with E-state index in [0.29, 0.717) is 25.0 Å². The van der Waals surface area contributed by atoms with Crippen molar-refractivity contribution in [2.75, 3.05) is 7.11 Å². The molecule has 2 atom stereocenters. The number of hydrogen-bond acceptors (Lipinski definition) is 5. The number of esters is 1. The Hall–Kier alpha value is -1.52. The van der Waals surface area contributed by atoms with Gasteiger partial charge in [0.15, 0.2) is 5.78 Å². The Morgan fingerprint density at radius 2 is 1.87 bits per heavy atom. The summed E-state index contributed by atoms with van der Waals surface area (Å²) in [4.78, 5) is 42.2. The van der Waals surface area contributed by atoms with Gasteiger partial charge in [0.25, 0.3) is 0 Å². The first-order valence-electron chi connectivity index (χ1n) is 8.17. The Kier molecular flexibility index (Phi) is 5.89. The lowest BCUT2D eigenvalue weighted by Crippen LogP contribution is -2.52. The van der Waals surface area contributed by atoms with Gasteiger partial charge < -0.3 is 4.74 Å². The van der Waals surface area contributed by atoms with Crippen molar-refractivity contribution in [3.05, 3.63) is 0 Å². The van der Waals surface area contributed by atoms with Crippen LogP contribution in [0.4, 0.5) is 0 Å². The van der Waals surface area contributed by atoms with Gasteiger partial charge in [-0.05, 0) is 39.0 Å². The maximum absolute atomic E-state index is 13.0. The molecule has 0 radical (unpaired) electrons. The molecule has 0 unspecified atom stereocenters. The van der Waals surface area contributed by atoms with Crippen LogP contribution in [0.3, 0.4) is 0 Å². The molecule has 0 amide bonds. The average molecular weight is 323 g/mol. The van der Waals surface area contributed by atoms with E-state index in [4.69, 9.17) is 4.74 Å². The molecule has 0 spiro atoms. The van der Waals surface area contributed by atoms with E-state index >= 15 is 0 Å². The Morgan fingerprint density at radius 1 is 1.30 bits per heavy atom. The highest BCUT2D eigenvalue weighted by Crippen LogP contribution is 2.41. The number of carbonyl (C=O) groups is 3. The van der Waals surface area contributed by atoms with Crippen molar-refractivity contribution in [1.82, 2.24) is 0 Å². The van der Waals surface area contributed by atoms with Crippen LogP contribution in [0.15, 0.2) is 4.99 Å². The van der Waals surface area contributed by atoms with E-state index in [9.17, 15) is 14.4 Å². The number of carbonyl (C=O) groups excluding carboxylic acids is 3. The van der Waals surface area contributed by atoms with Crippen molar-refractivity contribution in [1.29, 1.82) is 0 Å². The van der Waals surface area contributed by atoms with Crippen molar-refractivity contribution < 1.29 is 19.1 Å². The molecule has 0 saturated heterocycles. The molecule has 0 N–H and O–H groups in total. The minimum atomic E-state index is -0.919. The molecule has 23 heavy (non-hydrogen) atoms. The van der Waals surface area contributed by atoms with Crippen LogP contribution in [0.5, 0.6) is 0 Å². The van der Waals surface area contributed by atoms with E-state index in [0.717, 1.165) is 0 Å². The summed E-state index contributed by atoms with van der Waals surface area (Å²) in [6.45, 7) is 11.4. The molecule has 1 aliphatic rings. The normalized spacial score (nSPS) is 26.2. The maximum Gasteiger partial charge on any atom is 0.316 e. The van der Waals surface area contributed by atoms with Crippen LogP contribution in [0.1, 0.15) is 60.8 Å². The first-order chi connectivity index (χ1) is 10.4. The number of aliphatic imine (C=N–C) groups is 1. The van der Waals surface area contributed by atoms with Gasteiger partial charge in [0.1, 0.15) is 17.6 Å². The largest absolute Gasteiger partial charge is 0.468 e. The lowest BCUT2D eigenvalue weighted by molar-refractivity contribution is -0.156. The third-order valence-corrected chi connectivity index (χ3v) is 4.05. The summed E-state index contributed by atoms with van der Waals surface area (Å²) in [5, 5.41) is 0. The molecule has 1 rings (SSSR count). The highest BCUT2D eigenvalue weighted by atomic mass is 16.5. The Balaban J connectivity index is 3.39. The summed E-state index contributed by atoms with van der Waals surface area (Å²) in [6, 6.07) is 0. The van der Waals surface area contributed by atoms with Gasteiger partial charge in [0, 0.05) is 12.1 Å². The number of ether oxygens (including phenoxy) is 1. The van der Waals surface area contributed by atoms with Crippen LogP contribution in [0.25, 0.3) is 0 Å². The number of ketones is 2. The van der Waals surface area contributed by atoms with Crippen molar-refractivity contribution in [3.8, 4) is 0 Å². The zero-order valence-corrected chi connectivity index (χ0v) is 15.4. The van der Waals surface area contributed by atoms with Gasteiger partial charge in [-0.25, -0.2) is 0 Å². The Bertz CT molecular complexity index is 526. The van der Waals surface area contributed by atoms with Gasteiger partial charge in [0.05, 0.1) is 12.6 Å². The molecule has 1 aliphatic carbocycles. The molecule has 5 heteroatoms. The second kappa shape index (κ2) is 6.93. The summed E-state index contributed by atoms with van der Waals surface area (Å²) >= 11 is 0. The molecule has 0 aromatic rings. The number of nitrogens with zero attached hydrogens (tertiary/aromatic N) is 1. The lowest BCUT2D eigenvalue weighted by atomic mass is 9.62. The van der Waals surface area contributed by atoms with Crippen LogP contribution < -0.4 is 0 Å². The van der Waals surface area contributed by atoms with E-state index in [2.05, 4.69) is 4.99 Å². The summed E-state index contributed by atoms with van der Waals surface area (Å²) in [7, 11) is 1.27. The third kappa shape index (κ3) is 4.49. The zero-order valence-electron chi connectivity index (χ0n) is 15.4. The van der Waals surface area contributed by atoms with Gasteiger partial charge >= 0.3 is 5.97 Å². The summed E-state index contributed by atoms with van der Waals surface area (Å²) in [6.07, 6.45) is 1.42. The number of rotatable bonds is 4. The Labute approximate surface area is 138 Å². The van der Waals surface area contributed by atoms with E-state index in [1.807, 2.05) is 41.5 Å². The van der Waals surface area contributed by atoms with Crippen LogP contribution in [0.2, 0.25) is 0 Å². The molecule has 0 bridgehead atoms. The van der Waals surface area contributed by atoms with Crippen molar-refractivity contribution in [2.45, 2.75) is 66.3 Å². The maximum atomic E-state index is 13.0. The highest BCUT2D eigenvalue weighted by molar-refractivity contribution is 6.26. The van der Waals surface area contributed by atoms with Crippen molar-refractivity contribution in [3.63, 3.8) is 0 Å². The standard InChI is InChI=1S/C18H29NO4/c1-8-9-12(20)13-11(19-17(2,3)4)10-18(5,6)14(15(13)21)16(22)23-7/h13-14H,8-10H2,1-7H3/t13-,14-/m0/s1. The van der Waals surface area contributed by atoms with Crippen LogP contribution in [-0.4, -0.2) is 35.9 Å². The molecule has 0 aliphatic heterocycles. The second-order valence-electron chi connectivity index (χ2n) is 7.95. The van der Waals surface area contributed by atoms with E-state index in [-0.39, 0.29) is 17.1 Å². The lowest BCUT2D eigenvalue weighted by Gasteiger charge is -2.40. The molecular weight excluding hydrogens is 294 g/mol. The molecule has 0 aromatic carbocycles. The van der Waals surface area contributed by atoms with Crippen molar-refractivity contribution in [2.24, 2.45) is 22.2 Å². The van der Waals surface area contributed by atoms with Gasteiger partial charge in [-0.3, -0.25) is 19.4 Å². The summed E-state index contributed by atoms with van der Waals surface area (Å²) in [5.41, 5.74) is -0.391. The number of hydrogen-bond donors (Lipinski definition) is 0. The SMILES string of the molecule is CCCC(=O)[C@H]1C(=O)[C@@H](C(=O)OC)C(C)(C)CC1=NC(C)(C)C. The number of Topliss-reactive ketones (excluding diaryl/α,β-unsaturated/α-hetero) is 2. The molecule has 1 saturated carbocycles. The quantitative estimate of drug-likeness (QED) is 0.589. The molecular formula is C18H29NO4. The fourth-order valence-electron chi connectivity index (χ4n) is 3.21. The predicted molar refractivity (Wildman–Crippen MR) is 89.5 cm³/mol. The molecule has 0 aromatic heterocycles. The minimum absolute atomic E-state index is 0.148. The van der Waals surface area contributed by atoms with Gasteiger partial charge in [-0.1, -0.05) is 20.8 Å². The van der Waals surface area contributed by atoms with E-state index in [1.54, 1.807) is 0 Å². The van der Waals surface area contributed by atoms with Crippen LogP contribution >= 0.6 is 0 Å². The van der Waals surface area contributed by atoms with Crippen LogP contribution in [0, 0.1) is 17.3 Å². The van der Waals surface area contributed by atoms with Gasteiger partial charge in [-0.2, -0.15) is 0 Å². The topological polar surface area (TPSA) is 72.8 Å². The monoisotopic (exact) mass is 323 g/mol. The third-order valence-electron chi connectivity index (χ3n) is 4.05. The molecule has 130 valence electrons. The zero-order chi connectivity index (χ0) is 18.0. The molecule has 5 nitrogen and oxygen atoms in total. The highest BCUT2D eigenvalue weighted by Gasteiger charge is 2.52. The summed E-state index contributed by atoms with van der Waals surface area (Å²) < 4.78 is 4.81. The molecule has 0 heterocycles. The van der Waals surface area contributed by atoms with Crippen LogP contribution in [-0.2, 0) is 19.1 Å². The first-order valence-corrected chi connectivity index (χ1v) is 8.17. The van der Waals surface area contributed by atoms with Gasteiger partial charge in [-0.15, -0.1) is 0 Å². The first kappa shape index (κ1) is 19.5. The Morgan fingerprint density at radius 3 is 2.30 bits per heavy atom. The second-order valence-corrected chi connectivity index (χ2v) is 7.95. The fourth-order valence-corrected chi connectivity index (χ4v) is 3.21. The fraction of sp³-hybridized carbons (Fsp3) is 0.778. The van der Waals surface area contributed by atoms with Crippen molar-refractivity contribution >= 4 is 23.2 Å². The van der Waals surface area contributed by atoms with E-state index in [1.165, 1.54) is 7.11 Å². The smallest absolute Gasteiger partial charge is 0.316 e. The predicted octanol–water partition coefficient (Wildman–Crippen LogP) is 3.00.